The molecule has 2 aliphatic heterocycles. The number of aromatic nitrogens is 6. The Hall–Kier alpha value is -4.10. The molecule has 3 aliphatic rings. The highest BCUT2D eigenvalue weighted by atomic mass is 79.9. The number of ketones is 1. The van der Waals surface area contributed by atoms with Crippen LogP contribution in [0, 0.1) is 26.2 Å². The summed E-state index contributed by atoms with van der Waals surface area (Å²) in [5.74, 6) is 0.457. The zero-order valence-corrected chi connectivity index (χ0v) is 28.0. The molecule has 238 valence electrons. The number of amides is 2. The summed E-state index contributed by atoms with van der Waals surface area (Å²) in [7, 11) is 0. The topological polar surface area (TPSA) is 139 Å². The van der Waals surface area contributed by atoms with Gasteiger partial charge in [-0.25, -0.2) is 15.0 Å². The lowest BCUT2D eigenvalue weighted by Gasteiger charge is -2.27. The molecule has 1 saturated carbocycles. The van der Waals surface area contributed by atoms with Gasteiger partial charge < -0.3 is 15.1 Å². The van der Waals surface area contributed by atoms with Gasteiger partial charge in [0.1, 0.15) is 34.5 Å². The molecule has 1 N–H and O–H groups in total. The van der Waals surface area contributed by atoms with E-state index in [0.717, 1.165) is 37.2 Å². The minimum atomic E-state index is -0.643. The predicted molar refractivity (Wildman–Crippen MR) is 175 cm³/mol. The quantitative estimate of drug-likeness (QED) is 0.213. The van der Waals surface area contributed by atoms with Crippen LogP contribution in [0.3, 0.4) is 0 Å². The van der Waals surface area contributed by atoms with Crippen LogP contribution in [0.15, 0.2) is 35.2 Å². The normalized spacial score (nSPS) is 22.3. The second kappa shape index (κ2) is 11.6. The van der Waals surface area contributed by atoms with E-state index < -0.39 is 6.04 Å². The Labute approximate surface area is 275 Å². The molecule has 3 fully saturated rings. The number of nitrogens with one attached hydrogen (secondary N) is 1. The van der Waals surface area contributed by atoms with Gasteiger partial charge in [0.05, 0.1) is 16.9 Å². The molecule has 7 rings (SSSR count). The van der Waals surface area contributed by atoms with E-state index in [1.54, 1.807) is 22.0 Å². The van der Waals surface area contributed by atoms with Crippen molar-refractivity contribution in [2.75, 3.05) is 25.0 Å². The molecule has 13 heteroatoms. The summed E-state index contributed by atoms with van der Waals surface area (Å²) >= 11 is 3.40. The number of carbonyl (C=O) groups is 3. The fourth-order valence-corrected chi connectivity index (χ4v) is 7.62. The number of hydrogen-bond donors (Lipinski definition) is 1. The molecule has 0 radical (unpaired) electrons. The highest BCUT2D eigenvalue weighted by molar-refractivity contribution is 9.10. The van der Waals surface area contributed by atoms with E-state index in [2.05, 4.69) is 46.2 Å². The fourth-order valence-electron chi connectivity index (χ4n) is 7.31. The van der Waals surface area contributed by atoms with Gasteiger partial charge in [-0.3, -0.25) is 24.0 Å². The lowest BCUT2D eigenvalue weighted by molar-refractivity contribution is -0.138. The molecule has 0 aromatic carbocycles. The number of halogens is 1. The first-order chi connectivity index (χ1) is 22.0. The molecular weight excluding hydrogens is 650 g/mol. The van der Waals surface area contributed by atoms with Crippen molar-refractivity contribution in [3.05, 3.63) is 58.0 Å². The van der Waals surface area contributed by atoms with Gasteiger partial charge in [-0.05, 0) is 93.2 Å². The van der Waals surface area contributed by atoms with Gasteiger partial charge in [-0.15, -0.1) is 0 Å². The molecule has 46 heavy (non-hydrogen) atoms. The molecule has 6 heterocycles. The van der Waals surface area contributed by atoms with E-state index in [1.165, 1.54) is 19.8 Å². The molecule has 0 spiro atoms. The number of Topliss-reactive ketones (excluding diaryl/α,β-unsaturated/α-hetero) is 1. The monoisotopic (exact) mass is 685 g/mol. The number of carbonyl (C=O) groups excluding carboxylic acids is 3. The Balaban J connectivity index is 1.21. The lowest BCUT2D eigenvalue weighted by Crippen LogP contribution is -2.47. The second-order valence-corrected chi connectivity index (χ2v) is 13.8. The SMILES string of the molecule is CC(=O)c1nn(CC(=O)N2[C@H](C(=O)Nc3nc(Br)ccc3C)C[C@@]3(CN4CCCC4)C[C@@H]23)c2c(C)nc(-c3cnc(C)nc3)cc12. The highest BCUT2D eigenvalue weighted by Crippen LogP contribution is 2.60. The van der Waals surface area contributed by atoms with Crippen LogP contribution in [0.25, 0.3) is 22.2 Å². The third-order valence-corrected chi connectivity index (χ3v) is 10.1. The van der Waals surface area contributed by atoms with Crippen molar-refractivity contribution in [3.63, 3.8) is 0 Å². The maximum atomic E-state index is 14.3. The van der Waals surface area contributed by atoms with Gasteiger partial charge in [0.25, 0.3) is 0 Å². The van der Waals surface area contributed by atoms with E-state index >= 15 is 0 Å². The number of rotatable bonds is 8. The average Bonchev–Trinajstić information content (AvgIpc) is 3.35. The number of fused-ring (bicyclic) bond motifs is 2. The van der Waals surface area contributed by atoms with Gasteiger partial charge >= 0.3 is 0 Å². The first-order valence-electron chi connectivity index (χ1n) is 15.7. The number of aryl methyl sites for hydroxylation is 3. The first kappa shape index (κ1) is 30.5. The molecule has 0 unspecified atom stereocenters. The smallest absolute Gasteiger partial charge is 0.248 e. The van der Waals surface area contributed by atoms with Crippen molar-refractivity contribution in [2.24, 2.45) is 5.41 Å². The second-order valence-electron chi connectivity index (χ2n) is 12.9. The first-order valence-corrected chi connectivity index (χ1v) is 16.5. The molecule has 4 aromatic rings. The largest absolute Gasteiger partial charge is 0.325 e. The van der Waals surface area contributed by atoms with Gasteiger partial charge in [0, 0.05) is 48.3 Å². The predicted octanol–water partition coefficient (Wildman–Crippen LogP) is 4.27. The lowest BCUT2D eigenvalue weighted by atomic mass is 9.98. The van der Waals surface area contributed by atoms with Crippen LogP contribution >= 0.6 is 15.9 Å². The summed E-state index contributed by atoms with van der Waals surface area (Å²) in [5, 5.41) is 8.25. The Morgan fingerprint density at radius 3 is 2.50 bits per heavy atom. The van der Waals surface area contributed by atoms with Crippen LogP contribution in [-0.4, -0.2) is 88.8 Å². The Morgan fingerprint density at radius 2 is 1.78 bits per heavy atom. The zero-order valence-electron chi connectivity index (χ0n) is 26.4. The summed E-state index contributed by atoms with van der Waals surface area (Å²) in [5.41, 5.74) is 3.58. The zero-order chi connectivity index (χ0) is 32.3. The van der Waals surface area contributed by atoms with Crippen molar-refractivity contribution in [3.8, 4) is 11.3 Å². The average molecular weight is 687 g/mol. The standard InChI is InChI=1S/C33H36BrN9O3/c1-18-7-8-27(34)38-31(18)39-32(46)25-12-33(17-41-9-5-6-10-41)13-26(33)43(25)28(45)16-42-30-19(2)37-24(22-14-35-21(4)36-15-22)11-23(30)29(40-42)20(3)44/h7-8,11,14-15,25-26H,5-6,9-10,12-13,16-17H2,1-4H3,(H,38,39,46)/t25-,26+,33-/m0/s1. The van der Waals surface area contributed by atoms with Crippen LogP contribution in [0.4, 0.5) is 5.82 Å². The third-order valence-electron chi connectivity index (χ3n) is 9.65. The van der Waals surface area contributed by atoms with Crippen molar-refractivity contribution >= 4 is 50.2 Å². The number of nitrogens with zero attached hydrogens (tertiary/aromatic N) is 8. The number of hydrogen-bond acceptors (Lipinski definition) is 9. The molecule has 2 amide bonds. The molecule has 1 aliphatic carbocycles. The fraction of sp³-hybridized carbons (Fsp3) is 0.455. The van der Waals surface area contributed by atoms with E-state index in [-0.39, 0.29) is 41.3 Å². The number of anilines is 1. The van der Waals surface area contributed by atoms with Crippen LogP contribution in [0.5, 0.6) is 0 Å². The number of piperidine rings is 1. The molecule has 0 bridgehead atoms. The van der Waals surface area contributed by atoms with E-state index in [4.69, 9.17) is 4.98 Å². The van der Waals surface area contributed by atoms with Crippen LogP contribution in [-0.2, 0) is 16.1 Å². The Morgan fingerprint density at radius 1 is 1.04 bits per heavy atom. The van der Waals surface area contributed by atoms with Gasteiger partial charge in [-0.2, -0.15) is 5.10 Å². The molecule has 12 nitrogen and oxygen atoms in total. The van der Waals surface area contributed by atoms with Crippen molar-refractivity contribution in [1.82, 2.24) is 39.5 Å². The Bertz CT molecular complexity index is 1890. The van der Waals surface area contributed by atoms with Crippen LogP contribution in [0.1, 0.15) is 60.2 Å². The van der Waals surface area contributed by atoms with E-state index in [9.17, 15) is 14.4 Å². The highest BCUT2D eigenvalue weighted by Gasteiger charge is 2.67. The summed E-state index contributed by atoms with van der Waals surface area (Å²) in [6.07, 6.45) is 7.22. The number of pyridine rings is 2. The van der Waals surface area contributed by atoms with Gasteiger partial charge in [0.2, 0.25) is 11.8 Å². The summed E-state index contributed by atoms with van der Waals surface area (Å²) in [6, 6.07) is 4.85. The minimum absolute atomic E-state index is 0.0330. The van der Waals surface area contributed by atoms with Crippen molar-refractivity contribution < 1.29 is 14.4 Å². The maximum Gasteiger partial charge on any atom is 0.248 e. The third kappa shape index (κ3) is 5.49. The molecular formula is C33H36BrN9O3. The molecule has 2 saturated heterocycles. The summed E-state index contributed by atoms with van der Waals surface area (Å²) in [6.45, 7) is 9.88. The van der Waals surface area contributed by atoms with Crippen LogP contribution in [0.2, 0.25) is 0 Å². The number of likely N-dealkylation sites (tertiary alicyclic amines) is 2. The van der Waals surface area contributed by atoms with Gasteiger partial charge in [0.15, 0.2) is 5.78 Å². The molecule has 4 aromatic heterocycles. The van der Waals surface area contributed by atoms with Crippen molar-refractivity contribution in [1.29, 1.82) is 0 Å². The van der Waals surface area contributed by atoms with E-state index in [1.807, 2.05) is 39.0 Å². The van der Waals surface area contributed by atoms with Gasteiger partial charge in [-0.1, -0.05) is 6.07 Å². The maximum absolute atomic E-state index is 14.3. The molecule has 3 atom stereocenters. The summed E-state index contributed by atoms with van der Waals surface area (Å²) < 4.78 is 2.19. The van der Waals surface area contributed by atoms with Crippen molar-refractivity contribution in [2.45, 2.75) is 72.0 Å². The minimum Gasteiger partial charge on any atom is -0.325 e. The Kier molecular flexibility index (Phi) is 7.71. The van der Waals surface area contributed by atoms with E-state index in [0.29, 0.717) is 45.0 Å². The van der Waals surface area contributed by atoms with Crippen LogP contribution < -0.4 is 5.32 Å². The summed E-state index contributed by atoms with van der Waals surface area (Å²) in [4.78, 5) is 63.0.